The monoisotopic (exact) mass is 496 g/mol. The maximum Gasteiger partial charge on any atom is 0.227 e. The van der Waals surface area contributed by atoms with Crippen molar-refractivity contribution in [1.29, 1.82) is 0 Å². The molecule has 2 aromatic carbocycles. The van der Waals surface area contributed by atoms with E-state index in [2.05, 4.69) is 93.5 Å². The number of likely N-dealkylation sites (tertiary alicyclic amines) is 1. The third-order valence-corrected chi connectivity index (χ3v) is 6.83. The van der Waals surface area contributed by atoms with Gasteiger partial charge in [0.25, 0.3) is 0 Å². The van der Waals surface area contributed by atoms with Crippen LogP contribution in [0.2, 0.25) is 0 Å². The molecule has 0 bridgehead atoms. The van der Waals surface area contributed by atoms with E-state index in [-0.39, 0.29) is 12.0 Å². The fourth-order valence-electron chi connectivity index (χ4n) is 4.76. The van der Waals surface area contributed by atoms with Crippen molar-refractivity contribution in [2.75, 3.05) is 19.6 Å². The summed E-state index contributed by atoms with van der Waals surface area (Å²) in [6.07, 6.45) is 3.02. The van der Waals surface area contributed by atoms with Crippen molar-refractivity contribution < 1.29 is 4.79 Å². The van der Waals surface area contributed by atoms with E-state index in [0.29, 0.717) is 5.91 Å². The molecule has 3 aromatic rings. The van der Waals surface area contributed by atoms with E-state index in [4.69, 9.17) is 4.98 Å². The van der Waals surface area contributed by atoms with E-state index in [9.17, 15) is 4.79 Å². The number of carbonyl (C=O) groups is 1. The van der Waals surface area contributed by atoms with Gasteiger partial charge in [0, 0.05) is 29.3 Å². The number of nitrogens with zero attached hydrogens (tertiary/aromatic N) is 4. The number of benzene rings is 2. The van der Waals surface area contributed by atoms with E-state index in [0.717, 1.165) is 72.5 Å². The number of hydrogen-bond acceptors (Lipinski definition) is 3. The number of carbonyl (C=O) groups excluding carboxylic acids is 1. The van der Waals surface area contributed by atoms with Gasteiger partial charge in [0.05, 0.1) is 23.5 Å². The van der Waals surface area contributed by atoms with Gasteiger partial charge in [0.15, 0.2) is 0 Å². The van der Waals surface area contributed by atoms with Gasteiger partial charge in [-0.15, -0.1) is 0 Å². The Morgan fingerprint density at radius 2 is 1.94 bits per heavy atom. The normalized spacial score (nSPS) is 17.2. The zero-order chi connectivity index (χ0) is 22.7. The fraction of sp³-hybridized carbons (Fsp3) is 0.462. The molecule has 1 aromatic heterocycles. The van der Waals surface area contributed by atoms with Gasteiger partial charge < -0.3 is 4.90 Å². The zero-order valence-corrected chi connectivity index (χ0v) is 20.9. The molecular weight excluding hydrogens is 464 g/mol. The van der Waals surface area contributed by atoms with Gasteiger partial charge in [-0.1, -0.05) is 35.0 Å². The summed E-state index contributed by atoms with van der Waals surface area (Å²) in [4.78, 5) is 22.7. The lowest BCUT2D eigenvalue weighted by atomic mass is 9.95. The Bertz CT molecular complexity index is 1060. The standard InChI is InChI=1S/C26H33BrN4O/c1-4-15-30(19(2)3)26(32)20-8-7-16-29(17-20)18-25-28-23-9-5-6-10-24(23)31(25)22-13-11-21(27)12-14-22/h5-6,9-14,19-20H,4,7-8,15-18H2,1-3H3/t20-/m1/s1. The Morgan fingerprint density at radius 3 is 2.66 bits per heavy atom. The second-order valence-corrected chi connectivity index (χ2v) is 9.94. The van der Waals surface area contributed by atoms with Crippen LogP contribution in [0.25, 0.3) is 16.7 Å². The maximum atomic E-state index is 13.3. The molecule has 1 aliphatic rings. The Kier molecular flexibility index (Phi) is 7.31. The van der Waals surface area contributed by atoms with E-state index < -0.39 is 0 Å². The van der Waals surface area contributed by atoms with Gasteiger partial charge in [0.1, 0.15) is 5.82 Å². The highest BCUT2D eigenvalue weighted by Gasteiger charge is 2.30. The van der Waals surface area contributed by atoms with Crippen LogP contribution < -0.4 is 0 Å². The number of amides is 1. The zero-order valence-electron chi connectivity index (χ0n) is 19.3. The van der Waals surface area contributed by atoms with Crippen LogP contribution >= 0.6 is 15.9 Å². The Balaban J connectivity index is 1.59. The van der Waals surface area contributed by atoms with Crippen LogP contribution in [0, 0.1) is 5.92 Å². The highest BCUT2D eigenvalue weighted by atomic mass is 79.9. The van der Waals surface area contributed by atoms with Gasteiger partial charge in [-0.3, -0.25) is 14.3 Å². The molecule has 0 aliphatic carbocycles. The SMILES string of the molecule is CCCN(C(=O)[C@@H]1CCCN(Cc2nc3ccccc3n2-c2ccc(Br)cc2)C1)C(C)C. The summed E-state index contributed by atoms with van der Waals surface area (Å²) in [7, 11) is 0. The van der Waals surface area contributed by atoms with Crippen LogP contribution in [0.15, 0.2) is 53.0 Å². The second-order valence-electron chi connectivity index (χ2n) is 9.03. The Labute approximate surface area is 199 Å². The average Bonchev–Trinajstić information content (AvgIpc) is 3.15. The van der Waals surface area contributed by atoms with Crippen LogP contribution in [0.4, 0.5) is 0 Å². The molecule has 1 aliphatic heterocycles. The summed E-state index contributed by atoms with van der Waals surface area (Å²) >= 11 is 3.54. The summed E-state index contributed by atoms with van der Waals surface area (Å²) in [5, 5.41) is 0. The van der Waals surface area contributed by atoms with Crippen molar-refractivity contribution in [1.82, 2.24) is 19.4 Å². The van der Waals surface area contributed by atoms with E-state index in [1.807, 2.05) is 6.07 Å². The molecule has 0 N–H and O–H groups in total. The second kappa shape index (κ2) is 10.2. The highest BCUT2D eigenvalue weighted by Crippen LogP contribution is 2.26. The van der Waals surface area contributed by atoms with Crippen LogP contribution in [-0.4, -0.2) is 50.9 Å². The van der Waals surface area contributed by atoms with Crippen LogP contribution in [0.1, 0.15) is 45.9 Å². The molecule has 170 valence electrons. The summed E-state index contributed by atoms with van der Waals surface area (Å²) in [5.74, 6) is 1.41. The summed E-state index contributed by atoms with van der Waals surface area (Å²) in [6, 6.07) is 16.9. The minimum atomic E-state index is 0.0724. The molecule has 0 unspecified atom stereocenters. The maximum absolute atomic E-state index is 13.3. The van der Waals surface area contributed by atoms with Gasteiger partial charge in [-0.2, -0.15) is 0 Å². The number of imidazole rings is 1. The van der Waals surface area contributed by atoms with Crippen molar-refractivity contribution in [2.45, 2.75) is 52.6 Å². The van der Waals surface area contributed by atoms with Crippen molar-refractivity contribution in [3.8, 4) is 5.69 Å². The lowest BCUT2D eigenvalue weighted by Crippen LogP contribution is -2.47. The first kappa shape index (κ1) is 23.0. The molecule has 32 heavy (non-hydrogen) atoms. The molecule has 4 rings (SSSR count). The number of halogens is 1. The third kappa shape index (κ3) is 4.91. The van der Waals surface area contributed by atoms with E-state index in [1.54, 1.807) is 0 Å². The summed E-state index contributed by atoms with van der Waals surface area (Å²) in [5.41, 5.74) is 3.22. The Hall–Kier alpha value is -2.18. The first-order valence-electron chi connectivity index (χ1n) is 11.7. The quantitative estimate of drug-likeness (QED) is 0.424. The molecule has 1 fully saturated rings. The molecule has 6 heteroatoms. The molecule has 0 radical (unpaired) electrons. The van der Waals surface area contributed by atoms with Crippen molar-refractivity contribution >= 4 is 32.9 Å². The van der Waals surface area contributed by atoms with Gasteiger partial charge in [-0.25, -0.2) is 4.98 Å². The minimum Gasteiger partial charge on any atom is -0.340 e. The minimum absolute atomic E-state index is 0.0724. The van der Waals surface area contributed by atoms with Crippen molar-refractivity contribution in [3.05, 3.63) is 58.8 Å². The first-order chi connectivity index (χ1) is 15.5. The summed E-state index contributed by atoms with van der Waals surface area (Å²) in [6.45, 7) is 9.76. The van der Waals surface area contributed by atoms with Crippen LogP contribution in [-0.2, 0) is 11.3 Å². The number of fused-ring (bicyclic) bond motifs is 1. The smallest absolute Gasteiger partial charge is 0.227 e. The number of hydrogen-bond donors (Lipinski definition) is 0. The Morgan fingerprint density at radius 1 is 1.19 bits per heavy atom. The van der Waals surface area contributed by atoms with Crippen molar-refractivity contribution in [2.24, 2.45) is 5.92 Å². The van der Waals surface area contributed by atoms with Gasteiger partial charge in [0.2, 0.25) is 5.91 Å². The van der Waals surface area contributed by atoms with Crippen LogP contribution in [0.5, 0.6) is 0 Å². The topological polar surface area (TPSA) is 41.4 Å². The van der Waals surface area contributed by atoms with Crippen molar-refractivity contribution in [3.63, 3.8) is 0 Å². The van der Waals surface area contributed by atoms with E-state index >= 15 is 0 Å². The average molecular weight is 497 g/mol. The molecule has 1 amide bonds. The molecule has 2 heterocycles. The third-order valence-electron chi connectivity index (χ3n) is 6.31. The largest absolute Gasteiger partial charge is 0.340 e. The molecule has 5 nitrogen and oxygen atoms in total. The lowest BCUT2D eigenvalue weighted by Gasteiger charge is -2.36. The lowest BCUT2D eigenvalue weighted by molar-refractivity contribution is -0.139. The van der Waals surface area contributed by atoms with Gasteiger partial charge in [-0.05, 0) is 76.1 Å². The first-order valence-corrected chi connectivity index (χ1v) is 12.5. The number of aromatic nitrogens is 2. The van der Waals surface area contributed by atoms with Crippen LogP contribution in [0.3, 0.4) is 0 Å². The van der Waals surface area contributed by atoms with Gasteiger partial charge >= 0.3 is 0 Å². The number of para-hydroxylation sites is 2. The number of piperidine rings is 1. The molecule has 1 saturated heterocycles. The predicted octanol–water partition coefficient (Wildman–Crippen LogP) is 5.65. The predicted molar refractivity (Wildman–Crippen MR) is 134 cm³/mol. The molecule has 0 saturated carbocycles. The fourth-order valence-corrected chi connectivity index (χ4v) is 5.02. The molecule has 0 spiro atoms. The molecular formula is C26H33BrN4O. The summed E-state index contributed by atoms with van der Waals surface area (Å²) < 4.78 is 3.32. The van der Waals surface area contributed by atoms with E-state index in [1.165, 1.54) is 0 Å². The molecule has 1 atom stereocenters. The number of rotatable bonds is 7. The highest BCUT2D eigenvalue weighted by molar-refractivity contribution is 9.10.